The fourth-order valence-electron chi connectivity index (χ4n) is 3.17. The Morgan fingerprint density at radius 2 is 2.04 bits per heavy atom. The smallest absolute Gasteiger partial charge is 0.223 e. The van der Waals surface area contributed by atoms with Crippen LogP contribution in [0.4, 0.5) is 4.39 Å². The third kappa shape index (κ3) is 5.72. The topological polar surface area (TPSA) is 50.4 Å². The summed E-state index contributed by atoms with van der Waals surface area (Å²) in [4.78, 5) is 12.4. The van der Waals surface area contributed by atoms with Crippen LogP contribution in [-0.4, -0.2) is 39.3 Å². The summed E-state index contributed by atoms with van der Waals surface area (Å²) in [6.45, 7) is 5.00. The molecule has 1 aromatic carbocycles. The lowest BCUT2D eigenvalue weighted by molar-refractivity contribution is -0.125. The first-order valence-electron chi connectivity index (χ1n) is 8.27. The van der Waals surface area contributed by atoms with Crippen LogP contribution >= 0.6 is 12.4 Å². The number of rotatable bonds is 7. The summed E-state index contributed by atoms with van der Waals surface area (Å²) in [6.07, 6.45) is 2.39. The Morgan fingerprint density at radius 3 is 2.67 bits per heavy atom. The number of halogens is 2. The van der Waals surface area contributed by atoms with Crippen LogP contribution in [0.5, 0.6) is 0 Å². The predicted molar refractivity (Wildman–Crippen MR) is 95.9 cm³/mol. The molecule has 0 aromatic heterocycles. The van der Waals surface area contributed by atoms with E-state index in [1.54, 1.807) is 25.3 Å². The van der Waals surface area contributed by atoms with E-state index >= 15 is 0 Å². The normalized spacial score (nSPS) is 17.6. The van der Waals surface area contributed by atoms with Crippen molar-refractivity contribution in [1.29, 1.82) is 0 Å². The number of benzene rings is 1. The Balaban J connectivity index is 0.00000288. The van der Waals surface area contributed by atoms with E-state index in [-0.39, 0.29) is 35.5 Å². The Hall–Kier alpha value is -1.17. The number of carbonyl (C=O) groups is 1. The molecule has 1 aliphatic rings. The summed E-state index contributed by atoms with van der Waals surface area (Å²) in [5.41, 5.74) is 0.594. The fourth-order valence-corrected chi connectivity index (χ4v) is 3.17. The van der Waals surface area contributed by atoms with Crippen LogP contribution < -0.4 is 10.6 Å². The monoisotopic (exact) mass is 358 g/mol. The molecule has 0 spiro atoms. The highest BCUT2D eigenvalue weighted by Crippen LogP contribution is 2.28. The second-order valence-electron chi connectivity index (χ2n) is 6.60. The van der Waals surface area contributed by atoms with E-state index < -0.39 is 0 Å². The predicted octanol–water partition coefficient (Wildman–Crippen LogP) is 2.56. The van der Waals surface area contributed by atoms with E-state index in [1.165, 1.54) is 6.07 Å². The van der Waals surface area contributed by atoms with E-state index in [2.05, 4.69) is 10.6 Å². The van der Waals surface area contributed by atoms with E-state index in [0.717, 1.165) is 25.9 Å². The summed E-state index contributed by atoms with van der Waals surface area (Å²) in [5.74, 6) is -0.531. The molecular weight excluding hydrogens is 331 g/mol. The molecule has 6 heteroatoms. The number of methoxy groups -OCH3 is 1. The maximum atomic E-state index is 13.7. The van der Waals surface area contributed by atoms with Gasteiger partial charge in [-0.1, -0.05) is 25.1 Å². The second-order valence-corrected chi connectivity index (χ2v) is 6.60. The second kappa shape index (κ2) is 9.97. The average Bonchev–Trinajstić information content (AvgIpc) is 2.56. The third-order valence-corrected chi connectivity index (χ3v) is 4.68. The van der Waals surface area contributed by atoms with Crippen molar-refractivity contribution in [2.24, 2.45) is 11.3 Å². The molecule has 2 N–H and O–H groups in total. The van der Waals surface area contributed by atoms with E-state index in [4.69, 9.17) is 4.74 Å². The lowest BCUT2D eigenvalue weighted by Gasteiger charge is -2.37. The molecule has 0 saturated carbocycles. The van der Waals surface area contributed by atoms with Crippen molar-refractivity contribution in [3.63, 3.8) is 0 Å². The van der Waals surface area contributed by atoms with Gasteiger partial charge in [-0.25, -0.2) is 4.39 Å². The Morgan fingerprint density at radius 1 is 1.38 bits per heavy atom. The zero-order valence-corrected chi connectivity index (χ0v) is 15.3. The molecule has 1 aliphatic heterocycles. The molecule has 1 saturated heterocycles. The minimum absolute atomic E-state index is 0. The molecule has 1 aromatic rings. The molecule has 136 valence electrons. The number of piperidine rings is 1. The highest BCUT2D eigenvalue weighted by atomic mass is 35.5. The first-order chi connectivity index (χ1) is 11.1. The molecule has 1 unspecified atom stereocenters. The summed E-state index contributed by atoms with van der Waals surface area (Å²) in [6, 6.07) is 6.63. The van der Waals surface area contributed by atoms with Crippen molar-refractivity contribution in [3.8, 4) is 0 Å². The van der Waals surface area contributed by atoms with Crippen molar-refractivity contribution < 1.29 is 13.9 Å². The van der Waals surface area contributed by atoms with Gasteiger partial charge >= 0.3 is 0 Å². The van der Waals surface area contributed by atoms with Crippen LogP contribution in [0.15, 0.2) is 24.3 Å². The van der Waals surface area contributed by atoms with Crippen molar-refractivity contribution in [3.05, 3.63) is 35.6 Å². The number of amides is 1. The minimum atomic E-state index is -0.256. The van der Waals surface area contributed by atoms with E-state index in [9.17, 15) is 9.18 Å². The Labute approximate surface area is 149 Å². The van der Waals surface area contributed by atoms with Crippen LogP contribution in [0.1, 0.15) is 25.3 Å². The van der Waals surface area contributed by atoms with Crippen LogP contribution in [-0.2, 0) is 16.0 Å². The number of hydrogen-bond acceptors (Lipinski definition) is 3. The van der Waals surface area contributed by atoms with Crippen molar-refractivity contribution in [2.45, 2.75) is 26.2 Å². The molecule has 0 bridgehead atoms. The first kappa shape index (κ1) is 20.9. The van der Waals surface area contributed by atoms with Crippen LogP contribution in [0, 0.1) is 17.2 Å². The van der Waals surface area contributed by atoms with Gasteiger partial charge in [0.2, 0.25) is 5.91 Å². The average molecular weight is 359 g/mol. The van der Waals surface area contributed by atoms with E-state index in [1.807, 2.05) is 6.92 Å². The number of hydrogen-bond donors (Lipinski definition) is 2. The number of ether oxygens (including phenoxy) is 1. The molecular formula is C18H28ClFN2O2. The molecule has 1 amide bonds. The van der Waals surface area contributed by atoms with Crippen LogP contribution in [0.3, 0.4) is 0 Å². The summed E-state index contributed by atoms with van der Waals surface area (Å²) in [7, 11) is 1.70. The Kier molecular flexibility index (Phi) is 8.67. The molecule has 0 radical (unpaired) electrons. The van der Waals surface area contributed by atoms with Gasteiger partial charge in [0.25, 0.3) is 0 Å². The summed E-state index contributed by atoms with van der Waals surface area (Å²) < 4.78 is 19.1. The highest BCUT2D eigenvalue weighted by Gasteiger charge is 2.32. The zero-order valence-electron chi connectivity index (χ0n) is 14.4. The molecule has 1 atom stereocenters. The quantitative estimate of drug-likeness (QED) is 0.787. The molecule has 24 heavy (non-hydrogen) atoms. The van der Waals surface area contributed by atoms with Crippen LogP contribution in [0.25, 0.3) is 0 Å². The first-order valence-corrected chi connectivity index (χ1v) is 8.27. The van der Waals surface area contributed by atoms with Gasteiger partial charge in [0.1, 0.15) is 5.82 Å². The van der Waals surface area contributed by atoms with Crippen molar-refractivity contribution in [1.82, 2.24) is 10.6 Å². The standard InChI is InChI=1S/C18H27FN2O2.ClH/c1-14(11-15-5-3-4-6-16(15)19)17(22)21-12-18(13-23-2)7-9-20-10-8-18;/h3-6,14,20H,7-13H2,1-2H3,(H,21,22);1H. The van der Waals surface area contributed by atoms with Gasteiger partial charge in [0.15, 0.2) is 0 Å². The zero-order chi connectivity index (χ0) is 16.7. The maximum absolute atomic E-state index is 13.7. The third-order valence-electron chi connectivity index (χ3n) is 4.68. The largest absolute Gasteiger partial charge is 0.384 e. The van der Waals surface area contributed by atoms with Gasteiger partial charge in [-0.3, -0.25) is 4.79 Å². The van der Waals surface area contributed by atoms with Gasteiger partial charge in [0.05, 0.1) is 6.61 Å². The van der Waals surface area contributed by atoms with Gasteiger partial charge in [-0.15, -0.1) is 12.4 Å². The lowest BCUT2D eigenvalue weighted by Crippen LogP contribution is -2.48. The molecule has 1 fully saturated rings. The number of carbonyl (C=O) groups excluding carboxylic acids is 1. The molecule has 1 heterocycles. The number of nitrogens with one attached hydrogen (secondary N) is 2. The lowest BCUT2D eigenvalue weighted by atomic mass is 9.79. The SMILES string of the molecule is COCC1(CNC(=O)C(C)Cc2ccccc2F)CCNCC1.Cl. The van der Waals surface area contributed by atoms with Gasteiger partial charge in [-0.05, 0) is 44.0 Å². The fraction of sp³-hybridized carbons (Fsp3) is 0.611. The molecule has 2 rings (SSSR count). The minimum Gasteiger partial charge on any atom is -0.384 e. The van der Waals surface area contributed by atoms with E-state index in [0.29, 0.717) is 25.1 Å². The van der Waals surface area contributed by atoms with Crippen molar-refractivity contribution >= 4 is 18.3 Å². The van der Waals surface area contributed by atoms with Crippen molar-refractivity contribution in [2.75, 3.05) is 33.4 Å². The highest BCUT2D eigenvalue weighted by molar-refractivity contribution is 5.85. The van der Waals surface area contributed by atoms with Gasteiger partial charge in [0, 0.05) is 25.0 Å². The summed E-state index contributed by atoms with van der Waals surface area (Å²) in [5, 5.41) is 6.39. The molecule has 0 aliphatic carbocycles. The van der Waals surface area contributed by atoms with Crippen LogP contribution in [0.2, 0.25) is 0 Å². The molecule has 4 nitrogen and oxygen atoms in total. The summed E-state index contributed by atoms with van der Waals surface area (Å²) >= 11 is 0. The van der Waals surface area contributed by atoms with Gasteiger partial charge in [-0.2, -0.15) is 0 Å². The maximum Gasteiger partial charge on any atom is 0.223 e. The Bertz CT molecular complexity index is 516. The van der Waals surface area contributed by atoms with Gasteiger partial charge < -0.3 is 15.4 Å².